The fourth-order valence-electron chi connectivity index (χ4n) is 5.39. The van der Waals surface area contributed by atoms with Gasteiger partial charge in [0, 0.05) is 23.9 Å². The molecule has 12 heteroatoms. The highest BCUT2D eigenvalue weighted by Crippen LogP contribution is 2.55. The van der Waals surface area contributed by atoms with Crippen LogP contribution in [0.2, 0.25) is 0 Å². The molecule has 11 nitrogen and oxygen atoms in total. The second-order valence-corrected chi connectivity index (χ2v) is 11.8. The Morgan fingerprint density at radius 1 is 1.07 bits per heavy atom. The smallest absolute Gasteiger partial charge is 0.360 e. The molecule has 4 heterocycles. The Labute approximate surface area is 250 Å². The second-order valence-electron chi connectivity index (χ2n) is 9.95. The summed E-state index contributed by atoms with van der Waals surface area (Å²) in [7, 11) is 2.39. The van der Waals surface area contributed by atoms with Crippen molar-refractivity contribution in [3.63, 3.8) is 0 Å². The van der Waals surface area contributed by atoms with Gasteiger partial charge in [-0.3, -0.25) is 0 Å². The van der Waals surface area contributed by atoms with Crippen LogP contribution < -0.4 is 14.8 Å². The predicted octanol–water partition coefficient (Wildman–Crippen LogP) is 5.14. The van der Waals surface area contributed by atoms with E-state index in [0.717, 1.165) is 31.1 Å². The van der Waals surface area contributed by atoms with Gasteiger partial charge >= 0.3 is 11.9 Å². The topological polar surface area (TPSA) is 119 Å². The molecular weight excluding hydrogens is 570 g/mol. The lowest BCUT2D eigenvalue weighted by molar-refractivity contribution is -0.146. The van der Waals surface area contributed by atoms with Gasteiger partial charge in [-0.05, 0) is 31.4 Å². The number of nitrogens with zero attached hydrogens (tertiary/aromatic N) is 4. The van der Waals surface area contributed by atoms with Crippen molar-refractivity contribution in [1.82, 2.24) is 19.3 Å². The van der Waals surface area contributed by atoms with Crippen LogP contribution in [0.4, 0.5) is 5.00 Å². The van der Waals surface area contributed by atoms with Crippen molar-refractivity contribution in [1.29, 1.82) is 0 Å². The average Bonchev–Trinajstić information content (AvgIpc) is 3.75. The number of ether oxygens (including phenoxy) is 4. The number of thiophene rings is 1. The summed E-state index contributed by atoms with van der Waals surface area (Å²) in [5.74, 6) is 0.416. The van der Waals surface area contributed by atoms with Crippen molar-refractivity contribution in [2.45, 2.75) is 39.1 Å². The number of esters is 2. The van der Waals surface area contributed by atoms with E-state index in [2.05, 4.69) is 15.4 Å². The van der Waals surface area contributed by atoms with Gasteiger partial charge in [0.2, 0.25) is 4.70 Å². The van der Waals surface area contributed by atoms with Gasteiger partial charge in [0.25, 0.3) is 5.00 Å². The van der Waals surface area contributed by atoms with E-state index in [-0.39, 0.29) is 25.9 Å². The SMILES string of the molecule is CCOC(=O)c1c2c(cn1Cn1cncn1)c1c([s+]2-c2ccc(OC)c(OC)c2)NC(C(=O)OCc2ccccc2)CC1. The molecule has 2 atom stereocenters. The monoisotopic (exact) mass is 602 g/mol. The van der Waals surface area contributed by atoms with Crippen molar-refractivity contribution >= 4 is 37.5 Å². The minimum absolute atomic E-state index is 0.200. The van der Waals surface area contributed by atoms with E-state index in [9.17, 15) is 9.59 Å². The van der Waals surface area contributed by atoms with E-state index in [1.807, 2.05) is 59.3 Å². The van der Waals surface area contributed by atoms with Crippen molar-refractivity contribution in [3.05, 3.63) is 84.2 Å². The third-order valence-corrected chi connectivity index (χ3v) is 9.68. The van der Waals surface area contributed by atoms with Crippen molar-refractivity contribution in [2.24, 2.45) is 0 Å². The van der Waals surface area contributed by atoms with Crippen LogP contribution in [0.3, 0.4) is 0 Å². The summed E-state index contributed by atoms with van der Waals surface area (Å²) in [5.41, 5.74) is 2.42. The maximum atomic E-state index is 13.6. The zero-order valence-electron chi connectivity index (χ0n) is 24.1. The Kier molecular flexibility index (Phi) is 8.01. The van der Waals surface area contributed by atoms with Gasteiger partial charge in [-0.25, -0.2) is 19.3 Å². The number of carbonyl (C=O) groups excluding carboxylic acids is 2. The zero-order chi connectivity index (χ0) is 29.9. The van der Waals surface area contributed by atoms with E-state index < -0.39 is 22.5 Å². The summed E-state index contributed by atoms with van der Waals surface area (Å²) in [6.45, 7) is 2.50. The second kappa shape index (κ2) is 12.2. The minimum atomic E-state index is -0.786. The molecule has 43 heavy (non-hydrogen) atoms. The molecule has 0 saturated heterocycles. The third kappa shape index (κ3) is 5.41. The van der Waals surface area contributed by atoms with Gasteiger partial charge in [0.15, 0.2) is 22.1 Å². The highest BCUT2D eigenvalue weighted by atomic mass is 32.2. The quantitative estimate of drug-likeness (QED) is 0.171. The first-order valence-electron chi connectivity index (χ1n) is 13.9. The Morgan fingerprint density at radius 3 is 2.60 bits per heavy atom. The molecule has 0 bridgehead atoms. The first-order chi connectivity index (χ1) is 21.0. The van der Waals surface area contributed by atoms with E-state index in [0.29, 0.717) is 30.0 Å². The molecule has 0 aliphatic carbocycles. The number of fused-ring (bicyclic) bond motifs is 3. The van der Waals surface area contributed by atoms with Gasteiger partial charge < -0.3 is 28.8 Å². The number of nitrogens with one attached hydrogen (secondary N) is 1. The van der Waals surface area contributed by atoms with Crippen molar-refractivity contribution in [2.75, 3.05) is 26.1 Å². The number of methoxy groups -OCH3 is 2. The number of carbonyl (C=O) groups is 2. The van der Waals surface area contributed by atoms with Gasteiger partial charge in [0.1, 0.15) is 32.0 Å². The Balaban J connectivity index is 1.48. The number of hydrogen-bond donors (Lipinski definition) is 1. The molecule has 3 aromatic heterocycles. The maximum absolute atomic E-state index is 13.6. The number of aromatic nitrogens is 4. The summed E-state index contributed by atoms with van der Waals surface area (Å²) in [6, 6.07) is 14.8. The van der Waals surface area contributed by atoms with Crippen molar-refractivity contribution < 1.29 is 28.5 Å². The first kappa shape index (κ1) is 28.3. The molecule has 0 radical (unpaired) electrons. The number of benzene rings is 2. The van der Waals surface area contributed by atoms with Gasteiger partial charge in [-0.1, -0.05) is 30.3 Å². The molecule has 2 unspecified atom stereocenters. The molecule has 1 aliphatic rings. The molecule has 6 rings (SSSR count). The van der Waals surface area contributed by atoms with E-state index in [4.69, 9.17) is 18.9 Å². The molecule has 1 aliphatic heterocycles. The van der Waals surface area contributed by atoms with Gasteiger partial charge in [-0.2, -0.15) is 5.10 Å². The summed E-state index contributed by atoms with van der Waals surface area (Å²) in [5, 5.41) is 9.59. The van der Waals surface area contributed by atoms with Crippen LogP contribution in [0.25, 0.3) is 15.0 Å². The lowest BCUT2D eigenvalue weighted by Gasteiger charge is -2.21. The maximum Gasteiger partial charge on any atom is 0.360 e. The standard InChI is InChI=1S/C31H32N5O6S/c1-4-41-31(38)27-28-23(15-35(27)19-36-18-32-17-33-36)22-11-12-24(30(37)42-16-20-8-6-5-7-9-20)34-29(22)43(28)21-10-13-25(39-2)26(14-21)40-3/h5-10,13-15,17-18,24,34H,4,11-12,16,19H2,1-3H3/q+1. The third-order valence-electron chi connectivity index (χ3n) is 7.36. The molecule has 222 valence electrons. The first-order valence-corrected chi connectivity index (χ1v) is 15.1. The summed E-state index contributed by atoms with van der Waals surface area (Å²) in [4.78, 5) is 31.8. The molecule has 5 aromatic rings. The molecule has 0 fully saturated rings. The largest absolute Gasteiger partial charge is 0.493 e. The Hall–Kier alpha value is -4.84. The highest BCUT2D eigenvalue weighted by Gasteiger charge is 2.41. The Bertz CT molecular complexity index is 1760. The van der Waals surface area contributed by atoms with E-state index >= 15 is 0 Å². The zero-order valence-corrected chi connectivity index (χ0v) is 24.9. The van der Waals surface area contributed by atoms with Gasteiger partial charge in [0.05, 0.1) is 36.7 Å². The van der Waals surface area contributed by atoms with E-state index in [1.165, 1.54) is 6.33 Å². The van der Waals surface area contributed by atoms with Crippen LogP contribution in [0.15, 0.2) is 67.4 Å². The molecule has 2 aromatic carbocycles. The Morgan fingerprint density at radius 2 is 1.88 bits per heavy atom. The molecule has 1 N–H and O–H groups in total. The van der Waals surface area contributed by atoms with Crippen LogP contribution >= 0.6 is 10.5 Å². The van der Waals surface area contributed by atoms with Crippen LogP contribution in [-0.2, 0) is 34.0 Å². The lowest BCUT2D eigenvalue weighted by atomic mass is 10.0. The average molecular weight is 603 g/mol. The summed E-state index contributed by atoms with van der Waals surface area (Å²) < 4.78 is 26.8. The predicted molar refractivity (Wildman–Crippen MR) is 162 cm³/mol. The number of rotatable bonds is 10. The highest BCUT2D eigenvalue weighted by molar-refractivity contribution is 7.48. The number of aryl methyl sites for hydroxylation is 1. The van der Waals surface area contributed by atoms with Gasteiger partial charge in [-0.15, -0.1) is 0 Å². The normalized spacial score (nSPS) is 14.6. The minimum Gasteiger partial charge on any atom is -0.493 e. The molecule has 0 spiro atoms. The van der Waals surface area contributed by atoms with Crippen LogP contribution in [0, 0.1) is 0 Å². The van der Waals surface area contributed by atoms with Crippen molar-refractivity contribution in [3.8, 4) is 16.4 Å². The van der Waals surface area contributed by atoms with Crippen LogP contribution in [0.1, 0.15) is 35.0 Å². The van der Waals surface area contributed by atoms with Crippen LogP contribution in [0.5, 0.6) is 11.5 Å². The summed E-state index contributed by atoms with van der Waals surface area (Å²) >= 11 is 0. The molecular formula is C31H32N5O6S+. The molecule has 0 saturated carbocycles. The van der Waals surface area contributed by atoms with E-state index in [1.54, 1.807) is 32.2 Å². The number of anilines is 1. The van der Waals surface area contributed by atoms with Crippen LogP contribution in [-0.4, -0.2) is 58.1 Å². The molecule has 0 amide bonds. The summed E-state index contributed by atoms with van der Waals surface area (Å²) in [6.07, 6.45) is 6.22. The number of hydrogen-bond acceptors (Lipinski definition) is 9. The fraction of sp³-hybridized carbons (Fsp3) is 0.290. The fourth-order valence-corrected chi connectivity index (χ4v) is 8.00. The lowest BCUT2D eigenvalue weighted by Crippen LogP contribution is -2.34.